The number of oxime groups is 1. The molecule has 0 fully saturated rings. The van der Waals surface area contributed by atoms with E-state index in [9.17, 15) is 0 Å². The van der Waals surface area contributed by atoms with E-state index in [2.05, 4.69) is 42.1 Å². The SMILES string of the molecule is Cc1nn(C)c(Oc2ccccc2)c1C=NOCc1ccc(C=C(Br)Br)cc1. The minimum absolute atomic E-state index is 0.379. The molecule has 0 aliphatic rings. The smallest absolute Gasteiger partial charge is 0.226 e. The Balaban J connectivity index is 1.65. The Labute approximate surface area is 180 Å². The fourth-order valence-corrected chi connectivity index (χ4v) is 3.09. The summed E-state index contributed by atoms with van der Waals surface area (Å²) in [6, 6.07) is 17.6. The molecule has 0 saturated carbocycles. The van der Waals surface area contributed by atoms with Crippen LogP contribution in [0.3, 0.4) is 0 Å². The first-order chi connectivity index (χ1) is 13.5. The third kappa shape index (κ3) is 5.56. The third-order valence-electron chi connectivity index (χ3n) is 3.91. The Kier molecular flexibility index (Phi) is 7.06. The van der Waals surface area contributed by atoms with E-state index in [0.29, 0.717) is 12.5 Å². The van der Waals surface area contributed by atoms with Gasteiger partial charge in [0, 0.05) is 7.05 Å². The predicted molar refractivity (Wildman–Crippen MR) is 119 cm³/mol. The van der Waals surface area contributed by atoms with Crippen LogP contribution in [-0.2, 0) is 18.5 Å². The van der Waals surface area contributed by atoms with E-state index in [1.54, 1.807) is 10.9 Å². The minimum Gasteiger partial charge on any atom is -0.439 e. The second-order valence-electron chi connectivity index (χ2n) is 6.03. The number of aromatic nitrogens is 2. The Hall–Kier alpha value is -2.38. The lowest BCUT2D eigenvalue weighted by atomic mass is 10.1. The molecule has 7 heteroatoms. The van der Waals surface area contributed by atoms with Crippen molar-refractivity contribution in [3.8, 4) is 11.6 Å². The molecule has 1 aromatic heterocycles. The standard InChI is InChI=1S/C21H19Br2N3O2/c1-15-19(21(26(2)25-15)28-18-6-4-3-5-7-18)13-24-27-14-17-10-8-16(9-11-17)12-20(22)23/h3-13H,14H2,1-2H3. The molecular weight excluding hydrogens is 486 g/mol. The van der Waals surface area contributed by atoms with Gasteiger partial charge in [0.1, 0.15) is 12.4 Å². The maximum atomic E-state index is 5.96. The summed E-state index contributed by atoms with van der Waals surface area (Å²) in [7, 11) is 1.84. The van der Waals surface area contributed by atoms with Gasteiger partial charge in [-0.1, -0.05) is 47.6 Å². The average molecular weight is 505 g/mol. The van der Waals surface area contributed by atoms with Gasteiger partial charge in [0.25, 0.3) is 0 Å². The van der Waals surface area contributed by atoms with E-state index in [4.69, 9.17) is 9.57 Å². The van der Waals surface area contributed by atoms with Crippen molar-refractivity contribution >= 4 is 44.2 Å². The average Bonchev–Trinajstić information content (AvgIpc) is 2.93. The fraction of sp³-hybridized carbons (Fsp3) is 0.143. The van der Waals surface area contributed by atoms with Gasteiger partial charge in [0.15, 0.2) is 0 Å². The monoisotopic (exact) mass is 503 g/mol. The first kappa shape index (κ1) is 20.4. The van der Waals surface area contributed by atoms with Crippen molar-refractivity contribution in [2.45, 2.75) is 13.5 Å². The van der Waals surface area contributed by atoms with E-state index >= 15 is 0 Å². The topological polar surface area (TPSA) is 48.6 Å². The fourth-order valence-electron chi connectivity index (χ4n) is 2.56. The summed E-state index contributed by atoms with van der Waals surface area (Å²) >= 11 is 6.71. The molecule has 0 atom stereocenters. The molecule has 0 spiro atoms. The van der Waals surface area contributed by atoms with Crippen LogP contribution in [0.15, 0.2) is 63.1 Å². The zero-order chi connectivity index (χ0) is 19.9. The van der Waals surface area contributed by atoms with Gasteiger partial charge in [0.2, 0.25) is 5.88 Å². The maximum Gasteiger partial charge on any atom is 0.226 e. The van der Waals surface area contributed by atoms with Crippen LogP contribution in [0, 0.1) is 6.92 Å². The number of aryl methyl sites for hydroxylation is 2. The van der Waals surface area contributed by atoms with Gasteiger partial charge in [-0.2, -0.15) is 5.10 Å². The molecule has 5 nitrogen and oxygen atoms in total. The number of ether oxygens (including phenoxy) is 1. The predicted octanol–water partition coefficient (Wildman–Crippen LogP) is 6.16. The van der Waals surface area contributed by atoms with E-state index < -0.39 is 0 Å². The van der Waals surface area contributed by atoms with E-state index in [1.165, 1.54) is 0 Å². The highest BCUT2D eigenvalue weighted by Crippen LogP contribution is 2.25. The van der Waals surface area contributed by atoms with Crippen LogP contribution < -0.4 is 4.74 Å². The number of rotatable bonds is 7. The molecule has 0 unspecified atom stereocenters. The van der Waals surface area contributed by atoms with Crippen molar-refractivity contribution in [2.75, 3.05) is 0 Å². The molecule has 0 aliphatic carbocycles. The highest BCUT2D eigenvalue weighted by molar-refractivity contribution is 9.28. The molecule has 0 bridgehead atoms. The molecule has 3 aromatic rings. The molecule has 0 amide bonds. The first-order valence-electron chi connectivity index (χ1n) is 8.56. The number of nitrogens with zero attached hydrogens (tertiary/aromatic N) is 3. The van der Waals surface area contributed by atoms with Crippen molar-refractivity contribution in [1.29, 1.82) is 0 Å². The molecule has 0 N–H and O–H groups in total. The van der Waals surface area contributed by atoms with Crippen LogP contribution in [0.4, 0.5) is 0 Å². The first-order valence-corrected chi connectivity index (χ1v) is 10.1. The summed E-state index contributed by atoms with van der Waals surface area (Å²) in [5.74, 6) is 1.36. The number of hydrogen-bond acceptors (Lipinski definition) is 4. The summed E-state index contributed by atoms with van der Waals surface area (Å²) in [5.41, 5.74) is 3.72. The van der Waals surface area contributed by atoms with Crippen LogP contribution >= 0.6 is 31.9 Å². The van der Waals surface area contributed by atoms with Gasteiger partial charge < -0.3 is 9.57 Å². The number of para-hydroxylation sites is 1. The van der Waals surface area contributed by atoms with Gasteiger partial charge in [-0.15, -0.1) is 0 Å². The van der Waals surface area contributed by atoms with Crippen molar-refractivity contribution < 1.29 is 9.57 Å². The van der Waals surface area contributed by atoms with E-state index in [-0.39, 0.29) is 0 Å². The number of halogens is 2. The van der Waals surface area contributed by atoms with Crippen LogP contribution in [-0.4, -0.2) is 16.0 Å². The normalized spacial score (nSPS) is 10.9. The number of hydrogen-bond donors (Lipinski definition) is 0. The molecule has 0 radical (unpaired) electrons. The Morgan fingerprint density at radius 3 is 2.50 bits per heavy atom. The minimum atomic E-state index is 0.379. The van der Waals surface area contributed by atoms with E-state index in [0.717, 1.165) is 31.5 Å². The van der Waals surface area contributed by atoms with Crippen molar-refractivity contribution in [1.82, 2.24) is 9.78 Å². The lowest BCUT2D eigenvalue weighted by Crippen LogP contribution is -1.97. The van der Waals surface area contributed by atoms with Gasteiger partial charge in [-0.3, -0.25) is 0 Å². The lowest BCUT2D eigenvalue weighted by molar-refractivity contribution is 0.132. The summed E-state index contributed by atoms with van der Waals surface area (Å²) in [6.07, 6.45) is 3.61. The summed E-state index contributed by atoms with van der Waals surface area (Å²) in [4.78, 5) is 5.46. The molecular formula is C21H19Br2N3O2. The zero-order valence-corrected chi connectivity index (χ0v) is 18.6. The second-order valence-corrected chi connectivity index (χ2v) is 8.80. The van der Waals surface area contributed by atoms with Crippen LogP contribution in [0.5, 0.6) is 11.6 Å². The van der Waals surface area contributed by atoms with Gasteiger partial charge in [-0.25, -0.2) is 4.68 Å². The van der Waals surface area contributed by atoms with Gasteiger partial charge >= 0.3 is 0 Å². The van der Waals surface area contributed by atoms with Crippen molar-refractivity contribution in [3.63, 3.8) is 0 Å². The molecule has 1 heterocycles. The maximum absolute atomic E-state index is 5.96. The lowest BCUT2D eigenvalue weighted by Gasteiger charge is -2.06. The molecule has 28 heavy (non-hydrogen) atoms. The van der Waals surface area contributed by atoms with E-state index in [1.807, 2.05) is 74.6 Å². The molecule has 144 valence electrons. The highest BCUT2D eigenvalue weighted by atomic mass is 79.9. The third-order valence-corrected chi connectivity index (χ3v) is 4.37. The van der Waals surface area contributed by atoms with Crippen LogP contribution in [0.2, 0.25) is 0 Å². The Morgan fingerprint density at radius 1 is 1.11 bits per heavy atom. The number of benzene rings is 2. The second kappa shape index (κ2) is 9.71. The largest absolute Gasteiger partial charge is 0.439 e. The summed E-state index contributed by atoms with van der Waals surface area (Å²) in [6.45, 7) is 2.29. The molecule has 0 saturated heterocycles. The quantitative estimate of drug-likeness (QED) is 0.286. The molecule has 2 aromatic carbocycles. The molecule has 3 rings (SSSR count). The van der Waals surface area contributed by atoms with Crippen molar-refractivity contribution in [3.05, 3.63) is 80.4 Å². The summed E-state index contributed by atoms with van der Waals surface area (Å²) < 4.78 is 8.55. The highest BCUT2D eigenvalue weighted by Gasteiger charge is 2.14. The summed E-state index contributed by atoms with van der Waals surface area (Å²) in [5, 5.41) is 8.51. The van der Waals surface area contributed by atoms with Gasteiger partial charge in [0.05, 0.1) is 20.9 Å². The molecule has 0 aliphatic heterocycles. The van der Waals surface area contributed by atoms with Gasteiger partial charge in [-0.05, 0) is 68.1 Å². The van der Waals surface area contributed by atoms with Crippen LogP contribution in [0.25, 0.3) is 6.08 Å². The zero-order valence-electron chi connectivity index (χ0n) is 15.5. The van der Waals surface area contributed by atoms with Crippen LogP contribution in [0.1, 0.15) is 22.4 Å². The Morgan fingerprint density at radius 2 is 1.82 bits per heavy atom. The van der Waals surface area contributed by atoms with Crippen molar-refractivity contribution in [2.24, 2.45) is 12.2 Å². The Bertz CT molecular complexity index is 977.